The number of rotatable bonds is 7. The van der Waals surface area contributed by atoms with E-state index in [4.69, 9.17) is 5.11 Å². The molecule has 0 amide bonds. The summed E-state index contributed by atoms with van der Waals surface area (Å²) < 4.78 is 0. The summed E-state index contributed by atoms with van der Waals surface area (Å²) in [6.07, 6.45) is 3.77. The molecule has 0 radical (unpaired) electrons. The lowest BCUT2D eigenvalue weighted by Gasteiger charge is -2.26. The van der Waals surface area contributed by atoms with Crippen molar-refractivity contribution in [2.24, 2.45) is 5.92 Å². The topological polar surface area (TPSA) is 77.8 Å². The Morgan fingerprint density at radius 3 is 2.53 bits per heavy atom. The molecule has 0 aliphatic heterocycles. The summed E-state index contributed by atoms with van der Waals surface area (Å²) in [7, 11) is 0. The maximum absolute atomic E-state index is 10.4. The molecule has 1 aromatic carbocycles. The molecule has 4 nitrogen and oxygen atoms in total. The van der Waals surface area contributed by atoms with Crippen LogP contribution >= 0.6 is 0 Å². The van der Waals surface area contributed by atoms with Gasteiger partial charge in [0.25, 0.3) is 0 Å². The smallest absolute Gasteiger partial charge is 0.303 e. The fourth-order valence-corrected chi connectivity index (χ4v) is 1.70. The van der Waals surface area contributed by atoms with Gasteiger partial charge in [0.2, 0.25) is 0 Å². The molecular formula is C15H20O4. The normalized spacial score (nSPS) is 13.6. The number of hydrogen-bond donors (Lipinski definition) is 3. The van der Waals surface area contributed by atoms with Gasteiger partial charge in [0.1, 0.15) is 0 Å². The number of carboxylic acid groups (broad SMARTS) is 1. The van der Waals surface area contributed by atoms with E-state index < -0.39 is 17.7 Å². The molecule has 0 aliphatic carbocycles. The van der Waals surface area contributed by atoms with Crippen LogP contribution in [0.15, 0.2) is 36.4 Å². The van der Waals surface area contributed by atoms with E-state index in [-0.39, 0.29) is 19.3 Å². The second-order valence-corrected chi connectivity index (χ2v) is 4.68. The van der Waals surface area contributed by atoms with Crippen molar-refractivity contribution in [1.29, 1.82) is 0 Å². The Bertz CT molecular complexity index is 423. The molecule has 0 aliphatic rings. The molecule has 1 atom stereocenters. The SMILES string of the molecule is CC(C=Cc1ccccc1)C(O)(O)CCCC(=O)O. The Kier molecular flexibility index (Phi) is 5.73. The molecule has 0 fully saturated rings. The molecule has 4 heteroatoms. The Morgan fingerprint density at radius 2 is 1.95 bits per heavy atom. The largest absolute Gasteiger partial charge is 0.481 e. The van der Waals surface area contributed by atoms with E-state index in [9.17, 15) is 15.0 Å². The van der Waals surface area contributed by atoms with E-state index in [0.717, 1.165) is 5.56 Å². The first kappa shape index (κ1) is 15.4. The van der Waals surface area contributed by atoms with Gasteiger partial charge in [-0.3, -0.25) is 4.79 Å². The highest BCUT2D eigenvalue weighted by Crippen LogP contribution is 2.23. The highest BCUT2D eigenvalue weighted by atomic mass is 16.5. The van der Waals surface area contributed by atoms with Gasteiger partial charge in [-0.2, -0.15) is 0 Å². The van der Waals surface area contributed by atoms with Crippen molar-refractivity contribution in [1.82, 2.24) is 0 Å². The molecule has 19 heavy (non-hydrogen) atoms. The van der Waals surface area contributed by atoms with Crippen LogP contribution in [0, 0.1) is 5.92 Å². The zero-order chi connectivity index (χ0) is 14.3. The van der Waals surface area contributed by atoms with Crippen molar-refractivity contribution in [2.75, 3.05) is 0 Å². The Balaban J connectivity index is 2.53. The number of hydrogen-bond acceptors (Lipinski definition) is 3. The summed E-state index contributed by atoms with van der Waals surface area (Å²) in [4.78, 5) is 10.4. The van der Waals surface area contributed by atoms with Gasteiger partial charge in [0.05, 0.1) is 0 Å². The Morgan fingerprint density at radius 1 is 1.32 bits per heavy atom. The lowest BCUT2D eigenvalue weighted by molar-refractivity contribution is -0.190. The zero-order valence-corrected chi connectivity index (χ0v) is 11.0. The minimum atomic E-state index is -1.87. The molecule has 1 unspecified atom stereocenters. The molecule has 104 valence electrons. The van der Waals surface area contributed by atoms with Crippen LogP contribution in [0.1, 0.15) is 31.7 Å². The van der Waals surface area contributed by atoms with Gasteiger partial charge in [-0.05, 0) is 12.0 Å². The average Bonchev–Trinajstić information content (AvgIpc) is 2.36. The van der Waals surface area contributed by atoms with Crippen molar-refractivity contribution >= 4 is 12.0 Å². The van der Waals surface area contributed by atoms with Crippen LogP contribution in [0.2, 0.25) is 0 Å². The third-order valence-corrected chi connectivity index (χ3v) is 3.04. The van der Waals surface area contributed by atoms with Gasteiger partial charge in [-0.25, -0.2) is 0 Å². The monoisotopic (exact) mass is 264 g/mol. The van der Waals surface area contributed by atoms with E-state index in [2.05, 4.69) is 0 Å². The van der Waals surface area contributed by atoms with Crippen LogP contribution < -0.4 is 0 Å². The first-order valence-electron chi connectivity index (χ1n) is 6.31. The quantitative estimate of drug-likeness (QED) is 0.660. The number of carbonyl (C=O) groups is 1. The number of aliphatic hydroxyl groups is 2. The molecule has 0 saturated carbocycles. The van der Waals surface area contributed by atoms with Crippen molar-refractivity contribution in [3.8, 4) is 0 Å². The van der Waals surface area contributed by atoms with Gasteiger partial charge in [0.15, 0.2) is 5.79 Å². The second-order valence-electron chi connectivity index (χ2n) is 4.68. The molecule has 0 aromatic heterocycles. The molecule has 1 aromatic rings. The Hall–Kier alpha value is -1.65. The fraction of sp³-hybridized carbons (Fsp3) is 0.400. The number of benzene rings is 1. The maximum atomic E-state index is 10.4. The number of aliphatic carboxylic acids is 1. The summed E-state index contributed by atoms with van der Waals surface area (Å²) >= 11 is 0. The van der Waals surface area contributed by atoms with E-state index in [1.54, 1.807) is 13.0 Å². The van der Waals surface area contributed by atoms with Gasteiger partial charge < -0.3 is 15.3 Å². The van der Waals surface area contributed by atoms with Crippen molar-refractivity contribution in [3.63, 3.8) is 0 Å². The van der Waals surface area contributed by atoms with Gasteiger partial charge >= 0.3 is 5.97 Å². The Labute approximate surface area is 113 Å². The highest BCUT2D eigenvalue weighted by Gasteiger charge is 2.28. The minimum Gasteiger partial charge on any atom is -0.481 e. The summed E-state index contributed by atoms with van der Waals surface area (Å²) in [5.74, 6) is -3.27. The third kappa shape index (κ3) is 5.68. The van der Waals surface area contributed by atoms with Crippen LogP contribution in [-0.4, -0.2) is 27.1 Å². The van der Waals surface area contributed by atoms with Crippen LogP contribution in [0.5, 0.6) is 0 Å². The summed E-state index contributed by atoms with van der Waals surface area (Å²) in [6.45, 7) is 1.69. The maximum Gasteiger partial charge on any atom is 0.303 e. The third-order valence-electron chi connectivity index (χ3n) is 3.04. The summed E-state index contributed by atoms with van der Waals surface area (Å²) in [6, 6.07) is 9.56. The van der Waals surface area contributed by atoms with E-state index in [0.29, 0.717) is 0 Å². The molecule has 0 spiro atoms. The first-order chi connectivity index (χ1) is 8.92. The average molecular weight is 264 g/mol. The summed E-state index contributed by atoms with van der Waals surface area (Å²) in [5, 5.41) is 28.3. The van der Waals surface area contributed by atoms with Crippen molar-refractivity contribution in [2.45, 2.75) is 32.0 Å². The predicted octanol–water partition coefficient (Wildman–Crippen LogP) is 2.27. The van der Waals surface area contributed by atoms with Crippen molar-refractivity contribution in [3.05, 3.63) is 42.0 Å². The number of carboxylic acids is 1. The van der Waals surface area contributed by atoms with Gasteiger partial charge in [-0.15, -0.1) is 0 Å². The van der Waals surface area contributed by atoms with Crippen LogP contribution in [0.25, 0.3) is 6.08 Å². The van der Waals surface area contributed by atoms with Gasteiger partial charge in [0, 0.05) is 18.8 Å². The molecule has 0 heterocycles. The van der Waals surface area contributed by atoms with Crippen molar-refractivity contribution < 1.29 is 20.1 Å². The molecule has 0 saturated heterocycles. The molecule has 3 N–H and O–H groups in total. The molecular weight excluding hydrogens is 244 g/mol. The zero-order valence-electron chi connectivity index (χ0n) is 11.0. The van der Waals surface area contributed by atoms with E-state index in [1.807, 2.05) is 36.4 Å². The minimum absolute atomic E-state index is 0.0413. The second kappa shape index (κ2) is 7.07. The predicted molar refractivity (Wildman–Crippen MR) is 73.3 cm³/mol. The van der Waals surface area contributed by atoms with Crippen LogP contribution in [0.4, 0.5) is 0 Å². The standard InChI is InChI=1S/C15H20O4/c1-12(9-10-13-6-3-2-4-7-13)15(18,19)11-5-8-14(16)17/h2-4,6-7,9-10,12,18-19H,5,8,11H2,1H3,(H,16,17). The van der Waals surface area contributed by atoms with E-state index in [1.165, 1.54) is 0 Å². The van der Waals surface area contributed by atoms with Crippen LogP contribution in [-0.2, 0) is 4.79 Å². The summed E-state index contributed by atoms with van der Waals surface area (Å²) in [5.41, 5.74) is 0.982. The fourth-order valence-electron chi connectivity index (χ4n) is 1.70. The molecule has 0 bridgehead atoms. The van der Waals surface area contributed by atoms with E-state index >= 15 is 0 Å². The van der Waals surface area contributed by atoms with Crippen LogP contribution in [0.3, 0.4) is 0 Å². The lowest BCUT2D eigenvalue weighted by atomic mass is 9.94. The lowest BCUT2D eigenvalue weighted by Crippen LogP contribution is -2.35. The van der Waals surface area contributed by atoms with Gasteiger partial charge in [-0.1, -0.05) is 49.4 Å². The molecule has 1 rings (SSSR count). The highest BCUT2D eigenvalue weighted by molar-refractivity contribution is 5.66. The first-order valence-corrected chi connectivity index (χ1v) is 6.31.